The van der Waals surface area contributed by atoms with E-state index in [4.69, 9.17) is 4.74 Å². The summed E-state index contributed by atoms with van der Waals surface area (Å²) in [6.45, 7) is 0.486. The van der Waals surface area contributed by atoms with E-state index in [0.717, 1.165) is 39.4 Å². The number of fused-ring (bicyclic) bond motifs is 3. The Hall–Kier alpha value is -4.24. The Balaban J connectivity index is 1.28. The average molecular weight is 512 g/mol. The van der Waals surface area contributed by atoms with Crippen LogP contribution in [0.3, 0.4) is 0 Å². The number of amides is 2. The van der Waals surface area contributed by atoms with E-state index >= 15 is 0 Å². The van der Waals surface area contributed by atoms with Crippen molar-refractivity contribution in [2.24, 2.45) is 0 Å². The maximum absolute atomic E-state index is 13.7. The number of hydrogen-bond donors (Lipinski definition) is 2. The summed E-state index contributed by atoms with van der Waals surface area (Å²) in [7, 11) is 1.56. The summed E-state index contributed by atoms with van der Waals surface area (Å²) in [5.41, 5.74) is 3.18. The molecule has 0 spiro atoms. The van der Waals surface area contributed by atoms with Crippen molar-refractivity contribution in [2.45, 2.75) is 25.3 Å². The number of methoxy groups -OCH3 is 1. The average Bonchev–Trinajstić information content (AvgIpc) is 3.67. The minimum atomic E-state index is -0.184. The number of para-hydroxylation sites is 1. The number of hydrogen-bond acceptors (Lipinski definition) is 7. The third-order valence-corrected chi connectivity index (χ3v) is 7.60. The van der Waals surface area contributed by atoms with Gasteiger partial charge in [-0.25, -0.2) is 4.98 Å². The number of nitrogens with zero attached hydrogens (tertiary/aromatic N) is 3. The Labute approximate surface area is 218 Å². The fourth-order valence-corrected chi connectivity index (χ4v) is 5.54. The van der Waals surface area contributed by atoms with Gasteiger partial charge in [-0.1, -0.05) is 30.3 Å². The number of nitrogens with one attached hydrogen (secondary N) is 2. The summed E-state index contributed by atoms with van der Waals surface area (Å²) in [4.78, 5) is 38.9. The third-order valence-electron chi connectivity index (χ3n) is 6.39. The number of thiophene rings is 1. The Kier molecular flexibility index (Phi) is 6.05. The zero-order valence-electron chi connectivity index (χ0n) is 20.2. The Morgan fingerprint density at radius 1 is 1.00 bits per heavy atom. The van der Waals surface area contributed by atoms with E-state index in [-0.39, 0.29) is 11.8 Å². The standard InChI is InChI=1S/C28H25N5O3S/c1-36-25-11-5-10-24(32-25)31-23-9-4-7-20(30-23)28(35)33-15-14-17-16-22(27(34)29-18-12-13-18)37-26(17)19-6-2-3-8-21(19)33/h2-11,16,18H,12-15H2,1H3,(H,29,34)(H,30,31,32). The lowest BCUT2D eigenvalue weighted by molar-refractivity contribution is 0.0952. The Morgan fingerprint density at radius 2 is 1.78 bits per heavy atom. The predicted molar refractivity (Wildman–Crippen MR) is 144 cm³/mol. The van der Waals surface area contributed by atoms with Gasteiger partial charge in [-0.05, 0) is 55.2 Å². The molecule has 0 bridgehead atoms. The van der Waals surface area contributed by atoms with Crippen LogP contribution in [0.15, 0.2) is 66.7 Å². The first-order chi connectivity index (χ1) is 18.1. The van der Waals surface area contributed by atoms with Crippen molar-refractivity contribution < 1.29 is 14.3 Å². The molecule has 4 heterocycles. The highest BCUT2D eigenvalue weighted by atomic mass is 32.1. The van der Waals surface area contributed by atoms with Crippen LogP contribution in [0.5, 0.6) is 5.88 Å². The van der Waals surface area contributed by atoms with Crippen LogP contribution in [0.25, 0.3) is 10.4 Å². The molecule has 2 amide bonds. The fourth-order valence-electron chi connectivity index (χ4n) is 4.39. The van der Waals surface area contributed by atoms with Gasteiger partial charge in [-0.15, -0.1) is 11.3 Å². The molecule has 1 aromatic carbocycles. The van der Waals surface area contributed by atoms with Gasteiger partial charge in [0.25, 0.3) is 11.8 Å². The molecule has 9 heteroatoms. The van der Waals surface area contributed by atoms with E-state index < -0.39 is 0 Å². The predicted octanol–water partition coefficient (Wildman–Crippen LogP) is 5.05. The highest BCUT2D eigenvalue weighted by Gasteiger charge is 2.29. The van der Waals surface area contributed by atoms with Crippen molar-refractivity contribution in [1.29, 1.82) is 0 Å². The maximum atomic E-state index is 13.7. The number of rotatable bonds is 6. The summed E-state index contributed by atoms with van der Waals surface area (Å²) >= 11 is 1.49. The number of benzene rings is 1. The highest BCUT2D eigenvalue weighted by molar-refractivity contribution is 7.17. The van der Waals surface area contributed by atoms with Gasteiger partial charge in [0.15, 0.2) is 0 Å². The quantitative estimate of drug-likeness (QED) is 0.376. The smallest absolute Gasteiger partial charge is 0.276 e. The van der Waals surface area contributed by atoms with Crippen LogP contribution >= 0.6 is 11.3 Å². The number of ether oxygens (including phenoxy) is 1. The molecule has 6 rings (SSSR count). The topological polar surface area (TPSA) is 96.5 Å². The Morgan fingerprint density at radius 3 is 2.59 bits per heavy atom. The van der Waals surface area contributed by atoms with Crippen LogP contribution in [0.4, 0.5) is 17.3 Å². The van der Waals surface area contributed by atoms with Gasteiger partial charge < -0.3 is 20.3 Å². The number of pyridine rings is 2. The molecular formula is C28H25N5O3S. The first-order valence-electron chi connectivity index (χ1n) is 12.2. The minimum absolute atomic E-state index is 0.00923. The van der Waals surface area contributed by atoms with Crippen molar-refractivity contribution in [1.82, 2.24) is 15.3 Å². The van der Waals surface area contributed by atoms with Crippen molar-refractivity contribution in [3.63, 3.8) is 0 Å². The SMILES string of the molecule is COc1cccc(Nc2cccc(C(=O)N3CCc4cc(C(=O)NC5CC5)sc4-c4ccccc43)n2)n1. The molecule has 0 saturated heterocycles. The lowest BCUT2D eigenvalue weighted by Gasteiger charge is -2.23. The lowest BCUT2D eigenvalue weighted by atomic mass is 10.1. The summed E-state index contributed by atoms with van der Waals surface area (Å²) in [5, 5.41) is 6.22. The molecule has 2 aliphatic rings. The monoisotopic (exact) mass is 511 g/mol. The first kappa shape index (κ1) is 23.2. The molecule has 37 heavy (non-hydrogen) atoms. The molecular weight excluding hydrogens is 486 g/mol. The highest BCUT2D eigenvalue weighted by Crippen LogP contribution is 2.42. The summed E-state index contributed by atoms with van der Waals surface area (Å²) in [5.74, 6) is 1.38. The largest absolute Gasteiger partial charge is 0.481 e. The lowest BCUT2D eigenvalue weighted by Crippen LogP contribution is -2.33. The van der Waals surface area contributed by atoms with Gasteiger partial charge in [-0.2, -0.15) is 4.98 Å². The molecule has 4 aromatic rings. The second-order valence-corrected chi connectivity index (χ2v) is 10.1. The molecule has 1 saturated carbocycles. The second-order valence-electron chi connectivity index (χ2n) is 9.03. The number of aromatic nitrogens is 2. The van der Waals surface area contributed by atoms with Gasteiger partial charge in [0.2, 0.25) is 5.88 Å². The van der Waals surface area contributed by atoms with Gasteiger partial charge in [0, 0.05) is 29.1 Å². The van der Waals surface area contributed by atoms with Gasteiger partial charge >= 0.3 is 0 Å². The van der Waals surface area contributed by atoms with E-state index in [9.17, 15) is 9.59 Å². The van der Waals surface area contributed by atoms with Crippen molar-refractivity contribution in [2.75, 3.05) is 23.9 Å². The molecule has 186 valence electrons. The van der Waals surface area contributed by atoms with Crippen LogP contribution in [0.2, 0.25) is 0 Å². The number of carbonyl (C=O) groups is 2. The van der Waals surface area contributed by atoms with E-state index in [1.54, 1.807) is 42.3 Å². The third kappa shape index (κ3) is 4.77. The first-order valence-corrected chi connectivity index (χ1v) is 13.0. The summed E-state index contributed by atoms with van der Waals surface area (Å²) in [6.07, 6.45) is 2.75. The maximum Gasteiger partial charge on any atom is 0.276 e. The van der Waals surface area contributed by atoms with Gasteiger partial charge in [-0.3, -0.25) is 9.59 Å². The van der Waals surface area contributed by atoms with Crippen LogP contribution in [-0.4, -0.2) is 41.5 Å². The second kappa shape index (κ2) is 9.67. The summed E-state index contributed by atoms with van der Waals surface area (Å²) in [6, 6.07) is 20.9. The van der Waals surface area contributed by atoms with E-state index in [1.165, 1.54) is 11.3 Å². The van der Waals surface area contributed by atoms with Crippen molar-refractivity contribution in [3.8, 4) is 16.3 Å². The molecule has 0 unspecified atom stereocenters. The molecule has 1 aliphatic heterocycles. The van der Waals surface area contributed by atoms with E-state index in [0.29, 0.717) is 42.2 Å². The minimum Gasteiger partial charge on any atom is -0.481 e. The molecule has 8 nitrogen and oxygen atoms in total. The van der Waals surface area contributed by atoms with Gasteiger partial charge in [0.1, 0.15) is 17.3 Å². The molecule has 3 aromatic heterocycles. The number of anilines is 3. The number of carbonyl (C=O) groups excluding carboxylic acids is 2. The fraction of sp³-hybridized carbons (Fsp3) is 0.214. The Bertz CT molecular complexity index is 1500. The van der Waals surface area contributed by atoms with Crippen LogP contribution in [-0.2, 0) is 6.42 Å². The van der Waals surface area contributed by atoms with Crippen molar-refractivity contribution in [3.05, 3.63) is 82.9 Å². The molecule has 1 fully saturated rings. The zero-order valence-corrected chi connectivity index (χ0v) is 21.0. The molecule has 0 atom stereocenters. The molecule has 2 N–H and O–H groups in total. The van der Waals surface area contributed by atoms with Crippen molar-refractivity contribution >= 4 is 40.5 Å². The van der Waals surface area contributed by atoms with E-state index in [2.05, 4.69) is 20.6 Å². The zero-order chi connectivity index (χ0) is 25.4. The molecule has 0 radical (unpaired) electrons. The normalized spacial score (nSPS) is 14.2. The van der Waals surface area contributed by atoms with Crippen LogP contribution < -0.4 is 20.3 Å². The molecule has 1 aliphatic carbocycles. The van der Waals surface area contributed by atoms with E-state index in [1.807, 2.05) is 36.4 Å². The van der Waals surface area contributed by atoms with Gasteiger partial charge in [0.05, 0.1) is 17.7 Å². The van der Waals surface area contributed by atoms with Crippen LogP contribution in [0, 0.1) is 0 Å². The summed E-state index contributed by atoms with van der Waals surface area (Å²) < 4.78 is 5.19. The van der Waals surface area contributed by atoms with Crippen LogP contribution in [0.1, 0.15) is 38.6 Å².